The molecule has 0 radical (unpaired) electrons. The highest BCUT2D eigenvalue weighted by molar-refractivity contribution is 7.63. The van der Waals surface area contributed by atoms with E-state index in [9.17, 15) is 9.36 Å². The Kier molecular flexibility index (Phi) is 5.08. The van der Waals surface area contributed by atoms with Crippen LogP contribution in [0.5, 0.6) is 0 Å². The number of aliphatic hydroxyl groups excluding tert-OH is 1. The normalized spacial score (nSPS) is 15.3. The molecule has 7 heteroatoms. The third kappa shape index (κ3) is 3.32. The summed E-state index contributed by atoms with van der Waals surface area (Å²) in [4.78, 5) is 10.7. The molecule has 12 heavy (non-hydrogen) atoms. The molecule has 0 aromatic heterocycles. The van der Waals surface area contributed by atoms with Crippen LogP contribution in [0.3, 0.4) is 0 Å². The van der Waals surface area contributed by atoms with E-state index < -0.39 is 19.5 Å². The fourth-order valence-corrected chi connectivity index (χ4v) is 1.35. The minimum atomic E-state index is -2.99. The van der Waals surface area contributed by atoms with Gasteiger partial charge in [0.1, 0.15) is 0 Å². The van der Waals surface area contributed by atoms with E-state index in [-0.39, 0.29) is 11.7 Å². The predicted octanol–water partition coefficient (Wildman–Crippen LogP) is 0.300. The summed E-state index contributed by atoms with van der Waals surface area (Å²) >= 11 is 0. The monoisotopic (exact) mass is 197 g/mol. The van der Waals surface area contributed by atoms with Crippen molar-refractivity contribution in [2.24, 2.45) is 0 Å². The Balaban J connectivity index is 4.10. The van der Waals surface area contributed by atoms with Gasteiger partial charge in [-0.3, -0.25) is 10.0 Å². The third-order valence-electron chi connectivity index (χ3n) is 1.05. The molecule has 0 spiro atoms. The van der Waals surface area contributed by atoms with Crippen molar-refractivity contribution in [3.8, 4) is 0 Å². The van der Waals surface area contributed by atoms with E-state index in [0.717, 1.165) is 7.05 Å². The van der Waals surface area contributed by atoms with Crippen molar-refractivity contribution in [2.45, 2.75) is 13.0 Å². The summed E-state index contributed by atoms with van der Waals surface area (Å²) in [5.41, 5.74) is -1.03. The number of rotatable bonds is 4. The first-order valence-corrected chi connectivity index (χ1v) is 4.79. The van der Waals surface area contributed by atoms with Crippen LogP contribution < -0.4 is 0 Å². The smallest absolute Gasteiger partial charge is 0.306 e. The fourth-order valence-electron chi connectivity index (χ4n) is 0.499. The molecule has 6 nitrogen and oxygen atoms in total. The van der Waals surface area contributed by atoms with Gasteiger partial charge in [0.2, 0.25) is 13.8 Å². The van der Waals surface area contributed by atoms with E-state index in [1.807, 2.05) is 0 Å². The summed E-state index contributed by atoms with van der Waals surface area (Å²) < 4.78 is 15.4. The Morgan fingerprint density at radius 1 is 1.75 bits per heavy atom. The maximum absolute atomic E-state index is 10.9. The molecule has 2 unspecified atom stereocenters. The van der Waals surface area contributed by atoms with Crippen LogP contribution in [-0.4, -0.2) is 40.7 Å². The Hall–Kier alpha value is -0.420. The minimum Gasteiger partial charge on any atom is -0.362 e. The summed E-state index contributed by atoms with van der Waals surface area (Å²) in [7, 11) is -1.96. The van der Waals surface area contributed by atoms with Gasteiger partial charge in [0, 0.05) is 13.7 Å². The lowest BCUT2D eigenvalue weighted by Gasteiger charge is -2.12. The van der Waals surface area contributed by atoms with Crippen molar-refractivity contribution in [2.75, 3.05) is 13.7 Å². The molecule has 1 amide bonds. The number of hydrogen-bond acceptors (Lipinski definition) is 5. The van der Waals surface area contributed by atoms with Gasteiger partial charge in [0.05, 0.1) is 0 Å². The Bertz CT molecular complexity index is 183. The second-order valence-electron chi connectivity index (χ2n) is 2.00. The average molecular weight is 197 g/mol. The van der Waals surface area contributed by atoms with Gasteiger partial charge in [-0.25, -0.2) is 5.06 Å². The summed E-state index contributed by atoms with van der Waals surface area (Å²) in [5, 5.41) is 17.6. The number of ether oxygens (including phenoxy) is 1. The molecular formula is C5H12NO5P. The van der Waals surface area contributed by atoms with Crippen LogP contribution in [0.2, 0.25) is 0 Å². The molecular weight excluding hydrogens is 185 g/mol. The van der Waals surface area contributed by atoms with Crippen molar-refractivity contribution in [3.63, 3.8) is 0 Å². The average Bonchev–Trinajstić information content (AvgIpc) is 2.02. The molecule has 0 saturated carbocycles. The van der Waals surface area contributed by atoms with Gasteiger partial charge in [-0.15, -0.1) is 0 Å². The zero-order valence-electron chi connectivity index (χ0n) is 6.85. The SMILES string of the molecule is CCOC(O)[PH](=O)C(=O)N(C)O. The van der Waals surface area contributed by atoms with Crippen LogP contribution in [0.15, 0.2) is 0 Å². The number of amides is 1. The lowest BCUT2D eigenvalue weighted by atomic mass is 10.9. The van der Waals surface area contributed by atoms with E-state index in [4.69, 9.17) is 10.3 Å². The van der Waals surface area contributed by atoms with E-state index in [1.54, 1.807) is 6.92 Å². The maximum Gasteiger partial charge on any atom is 0.306 e. The highest BCUT2D eigenvalue weighted by atomic mass is 31.1. The number of nitrogens with zero attached hydrogens (tertiary/aromatic N) is 1. The predicted molar refractivity (Wildman–Crippen MR) is 41.6 cm³/mol. The zero-order chi connectivity index (χ0) is 9.72. The van der Waals surface area contributed by atoms with E-state index >= 15 is 0 Å². The van der Waals surface area contributed by atoms with Gasteiger partial charge < -0.3 is 14.4 Å². The molecule has 2 atom stereocenters. The van der Waals surface area contributed by atoms with Crippen molar-refractivity contribution in [1.82, 2.24) is 5.06 Å². The first-order chi connectivity index (χ1) is 5.50. The second kappa shape index (κ2) is 5.27. The second-order valence-corrected chi connectivity index (χ2v) is 3.65. The van der Waals surface area contributed by atoms with Crippen LogP contribution in [0.25, 0.3) is 0 Å². The summed E-state index contributed by atoms with van der Waals surface area (Å²) in [6, 6.07) is -1.61. The van der Waals surface area contributed by atoms with E-state index in [0.29, 0.717) is 0 Å². The van der Waals surface area contributed by atoms with Crippen LogP contribution >= 0.6 is 7.80 Å². The largest absolute Gasteiger partial charge is 0.362 e. The molecule has 2 N–H and O–H groups in total. The van der Waals surface area contributed by atoms with E-state index in [2.05, 4.69) is 4.74 Å². The molecule has 0 aliphatic carbocycles. The van der Waals surface area contributed by atoms with Gasteiger partial charge >= 0.3 is 5.65 Å². The van der Waals surface area contributed by atoms with Crippen LogP contribution in [0, 0.1) is 0 Å². The van der Waals surface area contributed by atoms with Crippen molar-refractivity contribution < 1.29 is 24.4 Å². The maximum atomic E-state index is 10.9. The topological polar surface area (TPSA) is 87.1 Å². The van der Waals surface area contributed by atoms with Crippen LogP contribution in [-0.2, 0) is 9.30 Å². The molecule has 0 bridgehead atoms. The number of hydrogen-bond donors (Lipinski definition) is 2. The first kappa shape index (κ1) is 11.6. The summed E-state index contributed by atoms with van der Waals surface area (Å²) in [5.74, 6) is 0. The quantitative estimate of drug-likeness (QED) is 0.293. The molecule has 0 saturated heterocycles. The molecule has 0 fully saturated rings. The molecule has 0 rings (SSSR count). The van der Waals surface area contributed by atoms with Gasteiger partial charge in [-0.1, -0.05) is 0 Å². The molecule has 0 aliphatic rings. The number of carbonyl (C=O) groups is 1. The highest BCUT2D eigenvalue weighted by Gasteiger charge is 2.23. The fraction of sp³-hybridized carbons (Fsp3) is 0.800. The van der Waals surface area contributed by atoms with Gasteiger partial charge in [-0.2, -0.15) is 0 Å². The van der Waals surface area contributed by atoms with Gasteiger partial charge in [0.15, 0.2) is 0 Å². The molecule has 0 aromatic rings. The van der Waals surface area contributed by atoms with Crippen LogP contribution in [0.1, 0.15) is 6.92 Å². The molecule has 0 aromatic carbocycles. The molecule has 72 valence electrons. The van der Waals surface area contributed by atoms with E-state index in [1.165, 1.54) is 0 Å². The number of hydroxylamine groups is 2. The van der Waals surface area contributed by atoms with Crippen molar-refractivity contribution in [3.05, 3.63) is 0 Å². The van der Waals surface area contributed by atoms with Crippen molar-refractivity contribution in [1.29, 1.82) is 0 Å². The minimum absolute atomic E-state index is 0.153. The standard InChI is InChI=1S/C5H12NO5P/c1-3-11-5(8)12(10)4(7)6(2)9/h5,8-9,12H,3H2,1-2H3. The molecule has 0 aliphatic heterocycles. The first-order valence-electron chi connectivity index (χ1n) is 3.31. The lowest BCUT2D eigenvalue weighted by molar-refractivity contribution is -0.0364. The summed E-state index contributed by atoms with van der Waals surface area (Å²) in [6.07, 6.45) is 0. The molecule has 0 heterocycles. The lowest BCUT2D eigenvalue weighted by Crippen LogP contribution is -2.21. The summed E-state index contributed by atoms with van der Waals surface area (Å²) in [6.45, 7) is 1.74. The highest BCUT2D eigenvalue weighted by Crippen LogP contribution is 2.29. The van der Waals surface area contributed by atoms with Crippen molar-refractivity contribution >= 4 is 13.4 Å². The number of aliphatic hydroxyl groups is 1. The van der Waals surface area contributed by atoms with Gasteiger partial charge in [0.25, 0.3) is 0 Å². The zero-order valence-corrected chi connectivity index (χ0v) is 7.85. The Morgan fingerprint density at radius 3 is 2.58 bits per heavy atom. The van der Waals surface area contributed by atoms with Gasteiger partial charge in [-0.05, 0) is 6.92 Å². The third-order valence-corrected chi connectivity index (χ3v) is 2.41. The Morgan fingerprint density at radius 2 is 2.25 bits per heavy atom. The van der Waals surface area contributed by atoms with Crippen LogP contribution in [0.4, 0.5) is 4.79 Å². The Labute approximate surface area is 70.5 Å². The number of carbonyl (C=O) groups excluding carboxylic acids is 1.